The Morgan fingerprint density at radius 1 is 1.23 bits per heavy atom. The smallest absolute Gasteiger partial charge is 0.158 e. The van der Waals surface area contributed by atoms with Gasteiger partial charge >= 0.3 is 0 Å². The molecule has 9 nitrogen and oxygen atoms in total. The van der Waals surface area contributed by atoms with Crippen LogP contribution >= 0.6 is 0 Å². The summed E-state index contributed by atoms with van der Waals surface area (Å²) in [5.41, 5.74) is 9.07. The molecule has 4 rings (SSSR count). The van der Waals surface area contributed by atoms with E-state index < -0.39 is 0 Å². The summed E-state index contributed by atoms with van der Waals surface area (Å²) in [6.45, 7) is 2.79. The molecular formula is C22H29N7O2. The van der Waals surface area contributed by atoms with Crippen LogP contribution in [0.15, 0.2) is 30.6 Å². The number of anilines is 1. The van der Waals surface area contributed by atoms with Crippen LogP contribution in [0.3, 0.4) is 0 Å². The van der Waals surface area contributed by atoms with Gasteiger partial charge in [-0.1, -0.05) is 12.1 Å². The van der Waals surface area contributed by atoms with E-state index in [0.29, 0.717) is 24.2 Å². The molecule has 3 heterocycles. The number of benzene rings is 1. The molecule has 0 saturated carbocycles. The second-order valence-electron chi connectivity index (χ2n) is 8.06. The predicted octanol–water partition coefficient (Wildman–Crippen LogP) is 1.94. The van der Waals surface area contributed by atoms with Gasteiger partial charge in [0.25, 0.3) is 0 Å². The van der Waals surface area contributed by atoms with E-state index in [0.717, 1.165) is 49.2 Å². The number of likely N-dealkylation sites (tertiary alicyclic amines) is 1. The molecule has 3 N–H and O–H groups in total. The molecule has 0 radical (unpaired) electrons. The first-order chi connectivity index (χ1) is 15.1. The average Bonchev–Trinajstić information content (AvgIpc) is 3.27. The number of nitrogens with one attached hydrogen (secondary N) is 3. The number of nitriles is 1. The first-order valence-corrected chi connectivity index (χ1v) is 10.6. The second kappa shape index (κ2) is 10.0. The van der Waals surface area contributed by atoms with Gasteiger partial charge in [0, 0.05) is 25.1 Å². The number of hydrogen-bond acceptors (Lipinski definition) is 9. The van der Waals surface area contributed by atoms with Gasteiger partial charge in [-0.05, 0) is 31.5 Å². The van der Waals surface area contributed by atoms with Crippen molar-refractivity contribution in [2.75, 3.05) is 32.6 Å². The maximum atomic E-state index is 8.84. The molecule has 2 atom stereocenters. The lowest BCUT2D eigenvalue weighted by molar-refractivity contribution is 0.00207. The number of hydrazine groups is 1. The molecule has 31 heavy (non-hydrogen) atoms. The number of ether oxygens (including phenoxy) is 2. The molecule has 0 bridgehead atoms. The van der Waals surface area contributed by atoms with Crippen LogP contribution in [0, 0.1) is 11.3 Å². The highest BCUT2D eigenvalue weighted by Crippen LogP contribution is 2.31. The summed E-state index contributed by atoms with van der Waals surface area (Å²) in [5.74, 6) is 1.47. The van der Waals surface area contributed by atoms with E-state index in [2.05, 4.69) is 56.3 Å². The maximum Gasteiger partial charge on any atom is 0.158 e. The topological polar surface area (TPSA) is 107 Å². The fraction of sp³-hybridized carbons (Fsp3) is 0.500. The van der Waals surface area contributed by atoms with Crippen LogP contribution in [0.2, 0.25) is 0 Å². The molecule has 0 aliphatic carbocycles. The van der Waals surface area contributed by atoms with Crippen LogP contribution in [0.1, 0.15) is 42.1 Å². The van der Waals surface area contributed by atoms with E-state index in [1.165, 1.54) is 6.20 Å². The lowest BCUT2D eigenvalue weighted by Gasteiger charge is -2.29. The minimum Gasteiger partial charge on any atom is -0.496 e. The van der Waals surface area contributed by atoms with Crippen molar-refractivity contribution in [3.63, 3.8) is 0 Å². The monoisotopic (exact) mass is 423 g/mol. The molecule has 1 aromatic carbocycles. The summed E-state index contributed by atoms with van der Waals surface area (Å²) in [7, 11) is 3.86. The van der Waals surface area contributed by atoms with Crippen LogP contribution in [-0.2, 0) is 11.3 Å². The van der Waals surface area contributed by atoms with Crippen LogP contribution in [0.4, 0.5) is 5.82 Å². The first kappa shape index (κ1) is 21.5. The van der Waals surface area contributed by atoms with E-state index in [-0.39, 0.29) is 12.2 Å². The Kier molecular flexibility index (Phi) is 6.94. The summed E-state index contributed by atoms with van der Waals surface area (Å²) < 4.78 is 11.8. The van der Waals surface area contributed by atoms with Crippen molar-refractivity contribution in [1.82, 2.24) is 25.7 Å². The third-order valence-corrected chi connectivity index (χ3v) is 5.82. The van der Waals surface area contributed by atoms with E-state index in [1.807, 2.05) is 6.07 Å². The summed E-state index contributed by atoms with van der Waals surface area (Å²) >= 11 is 0. The van der Waals surface area contributed by atoms with Gasteiger partial charge in [0.1, 0.15) is 17.6 Å². The Morgan fingerprint density at radius 2 is 2.06 bits per heavy atom. The summed E-state index contributed by atoms with van der Waals surface area (Å²) in [6.07, 6.45) is 6.29. The van der Waals surface area contributed by atoms with Crippen molar-refractivity contribution in [3.05, 3.63) is 47.4 Å². The molecule has 0 spiro atoms. The van der Waals surface area contributed by atoms with Crippen LogP contribution in [-0.4, -0.2) is 54.4 Å². The number of piperidine rings is 1. The van der Waals surface area contributed by atoms with Crippen molar-refractivity contribution in [2.24, 2.45) is 0 Å². The predicted molar refractivity (Wildman–Crippen MR) is 116 cm³/mol. The maximum absolute atomic E-state index is 8.84. The lowest BCUT2D eigenvalue weighted by atomic mass is 10.0. The van der Waals surface area contributed by atoms with E-state index in [9.17, 15) is 0 Å². The van der Waals surface area contributed by atoms with Crippen LogP contribution in [0.25, 0.3) is 0 Å². The number of aromatic nitrogens is 2. The molecule has 2 fully saturated rings. The molecule has 2 aliphatic rings. The van der Waals surface area contributed by atoms with Gasteiger partial charge in [-0.3, -0.25) is 0 Å². The van der Waals surface area contributed by atoms with Gasteiger partial charge in [0.15, 0.2) is 5.69 Å². The minimum atomic E-state index is -0.0237. The molecule has 2 unspecified atom stereocenters. The fourth-order valence-electron chi connectivity index (χ4n) is 3.99. The van der Waals surface area contributed by atoms with Crippen molar-refractivity contribution in [1.29, 1.82) is 5.26 Å². The Morgan fingerprint density at radius 3 is 2.77 bits per heavy atom. The molecule has 2 aliphatic heterocycles. The zero-order chi connectivity index (χ0) is 21.6. The molecule has 1 aromatic heterocycles. The number of nitrogens with zero attached hydrogens (tertiary/aromatic N) is 4. The Balaban J connectivity index is 1.34. The molecular weight excluding hydrogens is 394 g/mol. The second-order valence-corrected chi connectivity index (χ2v) is 8.06. The van der Waals surface area contributed by atoms with E-state index >= 15 is 0 Å². The number of rotatable bonds is 7. The van der Waals surface area contributed by atoms with Gasteiger partial charge in [-0.25, -0.2) is 20.8 Å². The van der Waals surface area contributed by atoms with Gasteiger partial charge in [0.05, 0.1) is 44.4 Å². The normalized spacial score (nSPS) is 22.2. The number of methoxy groups -OCH3 is 1. The van der Waals surface area contributed by atoms with Crippen molar-refractivity contribution < 1.29 is 9.47 Å². The fourth-order valence-corrected chi connectivity index (χ4v) is 3.99. The van der Waals surface area contributed by atoms with Gasteiger partial charge in [-0.15, -0.1) is 0 Å². The van der Waals surface area contributed by atoms with E-state index in [1.54, 1.807) is 13.3 Å². The Hall–Kier alpha value is -2.77. The highest BCUT2D eigenvalue weighted by molar-refractivity contribution is 5.41. The van der Waals surface area contributed by atoms with Gasteiger partial charge in [-0.2, -0.15) is 5.26 Å². The Bertz CT molecular complexity index is 907. The lowest BCUT2D eigenvalue weighted by Crippen LogP contribution is -2.36. The van der Waals surface area contributed by atoms with Crippen LogP contribution < -0.4 is 20.9 Å². The van der Waals surface area contributed by atoms with E-state index in [4.69, 9.17) is 14.7 Å². The molecule has 9 heteroatoms. The first-order valence-electron chi connectivity index (χ1n) is 10.6. The highest BCUT2D eigenvalue weighted by Gasteiger charge is 2.27. The average molecular weight is 424 g/mol. The molecule has 2 saturated heterocycles. The standard InChI is InChI=1S/C22H29N7O2/c1-29-7-5-17(6-8-29)31-14-15-3-4-18(20(9-15)30-2)19-10-21(28-27-19)26-22-13-24-16(11-23)12-25-22/h3-4,9,12-13,17,19,21,27-28H,5-8,10,14H2,1-2H3,(H,25,26). The zero-order valence-electron chi connectivity index (χ0n) is 18.0. The van der Waals surface area contributed by atoms with Gasteiger partial charge in [0.2, 0.25) is 0 Å². The summed E-state index contributed by atoms with van der Waals surface area (Å²) in [5, 5.41) is 12.1. The van der Waals surface area contributed by atoms with Crippen molar-refractivity contribution in [3.8, 4) is 11.8 Å². The zero-order valence-corrected chi connectivity index (χ0v) is 18.0. The molecule has 2 aromatic rings. The highest BCUT2D eigenvalue weighted by atomic mass is 16.5. The van der Waals surface area contributed by atoms with Crippen LogP contribution in [0.5, 0.6) is 5.75 Å². The molecule has 164 valence electrons. The number of hydrogen-bond donors (Lipinski definition) is 3. The van der Waals surface area contributed by atoms with Gasteiger partial charge < -0.3 is 19.7 Å². The minimum absolute atomic E-state index is 0.0237. The third kappa shape index (κ3) is 5.48. The quantitative estimate of drug-likeness (QED) is 0.616. The Labute approximate surface area is 182 Å². The van der Waals surface area contributed by atoms with Crippen molar-refractivity contribution in [2.45, 2.75) is 44.2 Å². The summed E-state index contributed by atoms with van der Waals surface area (Å²) in [4.78, 5) is 10.6. The third-order valence-electron chi connectivity index (χ3n) is 5.82. The van der Waals surface area contributed by atoms with Crippen molar-refractivity contribution >= 4 is 5.82 Å². The largest absolute Gasteiger partial charge is 0.496 e. The summed E-state index contributed by atoms with van der Waals surface area (Å²) in [6, 6.07) is 8.34. The molecule has 0 amide bonds. The SMILES string of the molecule is COc1cc(COC2CCN(C)CC2)ccc1C1CC(Nc2cnc(C#N)cn2)NN1.